The Morgan fingerprint density at radius 1 is 1.16 bits per heavy atom. The summed E-state index contributed by atoms with van der Waals surface area (Å²) in [7, 11) is 4.19. The summed E-state index contributed by atoms with van der Waals surface area (Å²) in [5, 5.41) is 3.40. The lowest BCUT2D eigenvalue weighted by Crippen LogP contribution is -2.44. The van der Waals surface area contributed by atoms with Gasteiger partial charge < -0.3 is 5.32 Å². The molecule has 1 aromatic rings. The van der Waals surface area contributed by atoms with Crippen LogP contribution in [0.4, 0.5) is 0 Å². The molecule has 0 saturated carbocycles. The van der Waals surface area contributed by atoms with Crippen molar-refractivity contribution in [3.05, 3.63) is 30.3 Å². The quantitative estimate of drug-likeness (QED) is 0.811. The standard InChI is InChI=1S/C14H24N2S.C2H6/c1-14(2,3)13(15-4)11-16(5)17-12-9-7-6-8-10-12;1-2/h6-10,13,15H,11H2,1-5H3;1-2H3. The first-order valence-electron chi connectivity index (χ1n) is 7.05. The second kappa shape index (κ2) is 9.40. The summed E-state index contributed by atoms with van der Waals surface area (Å²) in [5.74, 6) is 0. The fourth-order valence-corrected chi connectivity index (χ4v) is 2.62. The Kier molecular flexibility index (Phi) is 9.15. The molecule has 19 heavy (non-hydrogen) atoms. The molecule has 0 heterocycles. The predicted octanol–water partition coefficient (Wildman–Crippen LogP) is 4.29. The van der Waals surface area contributed by atoms with Crippen LogP contribution in [0.2, 0.25) is 0 Å². The van der Waals surface area contributed by atoms with Crippen LogP contribution in [0.3, 0.4) is 0 Å². The fraction of sp³-hybridized carbons (Fsp3) is 0.625. The summed E-state index contributed by atoms with van der Waals surface area (Å²) in [5.41, 5.74) is 0.278. The van der Waals surface area contributed by atoms with E-state index in [1.165, 1.54) is 4.90 Å². The Morgan fingerprint density at radius 3 is 2.11 bits per heavy atom. The number of likely N-dealkylation sites (N-methyl/N-ethyl adjacent to an activating group) is 2. The van der Waals surface area contributed by atoms with Gasteiger partial charge in [0.2, 0.25) is 0 Å². The Hall–Kier alpha value is -0.510. The minimum Gasteiger partial charge on any atom is -0.315 e. The molecule has 0 spiro atoms. The van der Waals surface area contributed by atoms with E-state index in [0.29, 0.717) is 6.04 Å². The predicted molar refractivity (Wildman–Crippen MR) is 88.6 cm³/mol. The maximum Gasteiger partial charge on any atom is 0.0249 e. The summed E-state index contributed by atoms with van der Waals surface area (Å²) >= 11 is 1.80. The molecular weight excluding hydrogens is 252 g/mol. The Balaban J connectivity index is 0.00000154. The van der Waals surface area contributed by atoms with Crippen LogP contribution in [0.25, 0.3) is 0 Å². The minimum absolute atomic E-state index is 0.278. The number of hydrogen-bond donors (Lipinski definition) is 1. The SMILES string of the molecule is CC.CNC(CN(C)Sc1ccccc1)C(C)(C)C. The number of hydrogen-bond acceptors (Lipinski definition) is 3. The van der Waals surface area contributed by atoms with Crippen LogP contribution in [0.15, 0.2) is 35.2 Å². The van der Waals surface area contributed by atoms with Gasteiger partial charge in [0.05, 0.1) is 0 Å². The third-order valence-corrected chi connectivity index (χ3v) is 3.78. The largest absolute Gasteiger partial charge is 0.315 e. The molecule has 1 unspecified atom stereocenters. The van der Waals surface area contributed by atoms with Crippen molar-refractivity contribution in [2.75, 3.05) is 20.6 Å². The second-order valence-electron chi connectivity index (χ2n) is 5.42. The molecule has 0 saturated heterocycles. The van der Waals surface area contributed by atoms with E-state index in [-0.39, 0.29) is 5.41 Å². The molecule has 1 rings (SSSR count). The molecular formula is C16H30N2S. The van der Waals surface area contributed by atoms with E-state index >= 15 is 0 Å². The van der Waals surface area contributed by atoms with Crippen molar-refractivity contribution >= 4 is 11.9 Å². The zero-order chi connectivity index (χ0) is 14.9. The van der Waals surface area contributed by atoms with Gasteiger partial charge in [-0.2, -0.15) is 0 Å². The number of rotatable bonds is 5. The van der Waals surface area contributed by atoms with Crippen molar-refractivity contribution in [2.24, 2.45) is 5.41 Å². The van der Waals surface area contributed by atoms with E-state index < -0.39 is 0 Å². The van der Waals surface area contributed by atoms with Crippen LogP contribution in [-0.2, 0) is 0 Å². The molecule has 3 heteroatoms. The second-order valence-corrected chi connectivity index (χ2v) is 6.70. The number of benzene rings is 1. The molecule has 1 aromatic carbocycles. The summed E-state index contributed by atoms with van der Waals surface area (Å²) in [6.45, 7) is 11.8. The van der Waals surface area contributed by atoms with Crippen molar-refractivity contribution in [2.45, 2.75) is 45.6 Å². The maximum absolute atomic E-state index is 3.40. The van der Waals surface area contributed by atoms with Crippen LogP contribution in [0, 0.1) is 5.41 Å². The molecule has 2 nitrogen and oxygen atoms in total. The molecule has 1 N–H and O–H groups in total. The van der Waals surface area contributed by atoms with Crippen LogP contribution < -0.4 is 5.32 Å². The van der Waals surface area contributed by atoms with Gasteiger partial charge in [0.25, 0.3) is 0 Å². The lowest BCUT2D eigenvalue weighted by Gasteiger charge is -2.33. The van der Waals surface area contributed by atoms with Crippen molar-refractivity contribution < 1.29 is 0 Å². The van der Waals surface area contributed by atoms with E-state index in [4.69, 9.17) is 0 Å². The average molecular weight is 282 g/mol. The lowest BCUT2D eigenvalue weighted by atomic mass is 9.87. The van der Waals surface area contributed by atoms with Crippen LogP contribution in [0.1, 0.15) is 34.6 Å². The first kappa shape index (κ1) is 18.5. The van der Waals surface area contributed by atoms with Crippen LogP contribution >= 0.6 is 11.9 Å². The summed E-state index contributed by atoms with van der Waals surface area (Å²) in [6.07, 6.45) is 0. The zero-order valence-electron chi connectivity index (χ0n) is 13.5. The van der Waals surface area contributed by atoms with Gasteiger partial charge in [-0.3, -0.25) is 0 Å². The molecule has 0 fully saturated rings. The molecule has 110 valence electrons. The van der Waals surface area contributed by atoms with E-state index in [2.05, 4.69) is 67.8 Å². The lowest BCUT2D eigenvalue weighted by molar-refractivity contribution is 0.252. The van der Waals surface area contributed by atoms with E-state index in [0.717, 1.165) is 6.54 Å². The first-order chi connectivity index (χ1) is 8.93. The van der Waals surface area contributed by atoms with Gasteiger partial charge in [-0.1, -0.05) is 52.8 Å². The fourth-order valence-electron chi connectivity index (χ4n) is 1.75. The highest BCUT2D eigenvalue weighted by atomic mass is 32.2. The number of nitrogens with zero attached hydrogens (tertiary/aromatic N) is 1. The molecule has 0 aliphatic rings. The van der Waals surface area contributed by atoms with E-state index in [1.54, 1.807) is 11.9 Å². The highest BCUT2D eigenvalue weighted by Crippen LogP contribution is 2.25. The normalized spacial score (nSPS) is 12.8. The highest BCUT2D eigenvalue weighted by molar-refractivity contribution is 7.97. The Morgan fingerprint density at radius 2 is 1.68 bits per heavy atom. The first-order valence-corrected chi connectivity index (χ1v) is 7.82. The molecule has 0 aromatic heterocycles. The van der Waals surface area contributed by atoms with Gasteiger partial charge in [-0.25, -0.2) is 4.31 Å². The molecule has 0 bridgehead atoms. The number of nitrogens with one attached hydrogen (secondary N) is 1. The Labute approximate surface area is 124 Å². The average Bonchev–Trinajstić information content (AvgIpc) is 2.38. The smallest absolute Gasteiger partial charge is 0.0249 e. The van der Waals surface area contributed by atoms with Crippen molar-refractivity contribution in [1.82, 2.24) is 9.62 Å². The third-order valence-electron chi connectivity index (χ3n) is 2.84. The van der Waals surface area contributed by atoms with Crippen molar-refractivity contribution in [3.8, 4) is 0 Å². The monoisotopic (exact) mass is 282 g/mol. The van der Waals surface area contributed by atoms with Gasteiger partial charge >= 0.3 is 0 Å². The molecule has 1 atom stereocenters. The Bertz CT molecular complexity index is 319. The summed E-state index contributed by atoms with van der Waals surface area (Å²) in [4.78, 5) is 1.29. The van der Waals surface area contributed by atoms with Gasteiger partial charge in [-0.05, 0) is 43.6 Å². The zero-order valence-corrected chi connectivity index (χ0v) is 14.3. The summed E-state index contributed by atoms with van der Waals surface area (Å²) in [6, 6.07) is 11.0. The van der Waals surface area contributed by atoms with Gasteiger partial charge in [0.1, 0.15) is 0 Å². The van der Waals surface area contributed by atoms with Crippen LogP contribution in [0.5, 0.6) is 0 Å². The molecule has 0 aliphatic heterocycles. The van der Waals surface area contributed by atoms with E-state index in [1.807, 2.05) is 20.9 Å². The topological polar surface area (TPSA) is 15.3 Å². The van der Waals surface area contributed by atoms with Gasteiger partial charge in [0.15, 0.2) is 0 Å². The highest BCUT2D eigenvalue weighted by Gasteiger charge is 2.24. The van der Waals surface area contributed by atoms with Crippen molar-refractivity contribution in [1.29, 1.82) is 0 Å². The summed E-state index contributed by atoms with van der Waals surface area (Å²) < 4.78 is 2.29. The van der Waals surface area contributed by atoms with Gasteiger partial charge in [0, 0.05) is 17.5 Å². The van der Waals surface area contributed by atoms with Crippen molar-refractivity contribution in [3.63, 3.8) is 0 Å². The van der Waals surface area contributed by atoms with Crippen LogP contribution in [-0.4, -0.2) is 31.0 Å². The molecule has 0 aliphatic carbocycles. The van der Waals surface area contributed by atoms with E-state index in [9.17, 15) is 0 Å². The van der Waals surface area contributed by atoms with Gasteiger partial charge in [-0.15, -0.1) is 0 Å². The maximum atomic E-state index is 3.40. The third kappa shape index (κ3) is 7.61. The minimum atomic E-state index is 0.278. The molecule has 0 amide bonds. The molecule has 0 radical (unpaired) electrons.